The molecule has 0 radical (unpaired) electrons. The van der Waals surface area contributed by atoms with Gasteiger partial charge in [-0.2, -0.15) is 0 Å². The molecule has 34 heavy (non-hydrogen) atoms. The second kappa shape index (κ2) is 8.87. The van der Waals surface area contributed by atoms with Crippen LogP contribution >= 0.6 is 31.9 Å². The number of rotatable bonds is 3. The zero-order valence-corrected chi connectivity index (χ0v) is 21.5. The van der Waals surface area contributed by atoms with Crippen LogP contribution in [0.5, 0.6) is 0 Å². The fourth-order valence-corrected chi connectivity index (χ4v) is 6.07. The fourth-order valence-electron chi connectivity index (χ4n) is 4.78. The molecule has 0 atom stereocenters. The minimum Gasteiger partial charge on any atom is -0.0616 e. The average molecular weight is 564 g/mol. The van der Waals surface area contributed by atoms with E-state index in [9.17, 15) is 0 Å². The van der Waals surface area contributed by atoms with E-state index < -0.39 is 0 Å². The quantitative estimate of drug-likeness (QED) is 0.201. The predicted molar refractivity (Wildman–Crippen MR) is 153 cm³/mol. The van der Waals surface area contributed by atoms with Gasteiger partial charge in [0.15, 0.2) is 0 Å². The van der Waals surface area contributed by atoms with Gasteiger partial charge in [-0.3, -0.25) is 0 Å². The van der Waals surface area contributed by atoms with Crippen LogP contribution in [0, 0.1) is 0 Å². The smallest absolute Gasteiger partial charge is 0.0192 e. The van der Waals surface area contributed by atoms with Gasteiger partial charge >= 0.3 is 0 Å². The van der Waals surface area contributed by atoms with Gasteiger partial charge in [-0.15, -0.1) is 0 Å². The summed E-state index contributed by atoms with van der Waals surface area (Å²) in [7, 11) is 0. The molecule has 0 aliphatic heterocycles. The van der Waals surface area contributed by atoms with E-state index in [4.69, 9.17) is 0 Å². The number of benzene rings is 6. The van der Waals surface area contributed by atoms with Gasteiger partial charge < -0.3 is 0 Å². The summed E-state index contributed by atoms with van der Waals surface area (Å²) >= 11 is 7.34. The number of halogens is 2. The summed E-state index contributed by atoms with van der Waals surface area (Å²) in [5.41, 5.74) is 7.29. The molecular weight excluding hydrogens is 544 g/mol. The summed E-state index contributed by atoms with van der Waals surface area (Å²) in [6, 6.07) is 43.7. The molecule has 0 heterocycles. The molecule has 0 N–H and O–H groups in total. The monoisotopic (exact) mass is 562 g/mol. The Balaban J connectivity index is 1.66. The van der Waals surface area contributed by atoms with Gasteiger partial charge in [0.05, 0.1) is 0 Å². The van der Waals surface area contributed by atoms with E-state index in [1.54, 1.807) is 0 Å². The van der Waals surface area contributed by atoms with Crippen LogP contribution in [0.3, 0.4) is 0 Å². The molecule has 0 saturated carbocycles. The maximum Gasteiger partial charge on any atom is 0.0192 e. The Morgan fingerprint density at radius 3 is 1.29 bits per heavy atom. The van der Waals surface area contributed by atoms with E-state index in [0.29, 0.717) is 0 Å². The summed E-state index contributed by atoms with van der Waals surface area (Å²) in [6.07, 6.45) is 0. The largest absolute Gasteiger partial charge is 0.0616 e. The van der Waals surface area contributed by atoms with Crippen molar-refractivity contribution >= 4 is 53.4 Å². The SMILES string of the molecule is Brc1cc(Br)cc(-c2cc(-c3cccc4ccccc34)cc(-c3cccc4ccccc34)c2)c1. The lowest BCUT2D eigenvalue weighted by molar-refractivity contribution is 1.55. The van der Waals surface area contributed by atoms with Crippen molar-refractivity contribution in [3.63, 3.8) is 0 Å². The lowest BCUT2D eigenvalue weighted by Gasteiger charge is -2.15. The zero-order valence-electron chi connectivity index (χ0n) is 18.3. The highest BCUT2D eigenvalue weighted by molar-refractivity contribution is 9.11. The van der Waals surface area contributed by atoms with Gasteiger partial charge in [-0.1, -0.05) is 117 Å². The van der Waals surface area contributed by atoms with Crippen molar-refractivity contribution < 1.29 is 0 Å². The first-order chi connectivity index (χ1) is 16.7. The lowest BCUT2D eigenvalue weighted by Crippen LogP contribution is -1.88. The summed E-state index contributed by atoms with van der Waals surface area (Å²) in [5, 5.41) is 5.03. The van der Waals surface area contributed by atoms with Crippen molar-refractivity contribution in [1.82, 2.24) is 0 Å². The molecule has 6 aromatic rings. The minimum atomic E-state index is 1.05. The molecule has 0 aliphatic rings. The van der Waals surface area contributed by atoms with E-state index in [-0.39, 0.29) is 0 Å². The Labute approximate surface area is 216 Å². The third-order valence-corrected chi connectivity index (χ3v) is 7.25. The highest BCUT2D eigenvalue weighted by atomic mass is 79.9. The summed E-state index contributed by atoms with van der Waals surface area (Å²) in [4.78, 5) is 0. The third kappa shape index (κ3) is 3.98. The molecule has 0 aliphatic carbocycles. The summed E-state index contributed by atoms with van der Waals surface area (Å²) in [5.74, 6) is 0. The first-order valence-corrected chi connectivity index (χ1v) is 12.8. The van der Waals surface area contributed by atoms with Crippen LogP contribution in [0.1, 0.15) is 0 Å². The first-order valence-electron chi connectivity index (χ1n) is 11.2. The Hall–Kier alpha value is -3.20. The van der Waals surface area contributed by atoms with Gasteiger partial charge in [-0.25, -0.2) is 0 Å². The molecule has 6 aromatic carbocycles. The van der Waals surface area contributed by atoms with Crippen molar-refractivity contribution in [2.24, 2.45) is 0 Å². The van der Waals surface area contributed by atoms with Crippen molar-refractivity contribution in [3.05, 3.63) is 130 Å². The number of fused-ring (bicyclic) bond motifs is 2. The molecule has 0 nitrogen and oxygen atoms in total. The lowest BCUT2D eigenvalue weighted by atomic mass is 9.90. The highest BCUT2D eigenvalue weighted by Crippen LogP contribution is 2.39. The topological polar surface area (TPSA) is 0 Å². The number of hydrogen-bond donors (Lipinski definition) is 0. The molecule has 0 aromatic heterocycles. The van der Waals surface area contributed by atoms with Crippen LogP contribution in [-0.2, 0) is 0 Å². The highest BCUT2D eigenvalue weighted by Gasteiger charge is 2.12. The van der Waals surface area contributed by atoms with Crippen molar-refractivity contribution in [2.75, 3.05) is 0 Å². The van der Waals surface area contributed by atoms with E-state index in [0.717, 1.165) is 8.95 Å². The van der Waals surface area contributed by atoms with Crippen molar-refractivity contribution in [3.8, 4) is 33.4 Å². The summed E-state index contributed by atoms with van der Waals surface area (Å²) < 4.78 is 2.11. The molecule has 0 spiro atoms. The second-order valence-electron chi connectivity index (χ2n) is 8.51. The van der Waals surface area contributed by atoms with Gasteiger partial charge in [0.1, 0.15) is 0 Å². The minimum absolute atomic E-state index is 1.05. The first kappa shape index (κ1) is 21.3. The van der Waals surface area contributed by atoms with Crippen molar-refractivity contribution in [1.29, 1.82) is 0 Å². The zero-order chi connectivity index (χ0) is 23.1. The van der Waals surface area contributed by atoms with Crippen LogP contribution < -0.4 is 0 Å². The molecule has 0 fully saturated rings. The Morgan fingerprint density at radius 2 is 0.765 bits per heavy atom. The molecule has 0 bridgehead atoms. The number of hydrogen-bond acceptors (Lipinski definition) is 0. The van der Waals surface area contributed by atoms with Gasteiger partial charge in [0, 0.05) is 8.95 Å². The third-order valence-electron chi connectivity index (χ3n) is 6.33. The van der Waals surface area contributed by atoms with Crippen LogP contribution in [0.15, 0.2) is 130 Å². The standard InChI is InChI=1S/C32H20Br2/c33-27-18-24(19-28(34)20-27)23-15-25(31-13-5-9-21-7-1-3-11-29(21)31)17-26(16-23)32-14-6-10-22-8-2-4-12-30(22)32/h1-20H. The maximum atomic E-state index is 3.67. The van der Waals surface area contributed by atoms with Gasteiger partial charge in [0.25, 0.3) is 0 Å². The van der Waals surface area contributed by atoms with Crippen molar-refractivity contribution in [2.45, 2.75) is 0 Å². The molecule has 6 rings (SSSR count). The predicted octanol–water partition coefficient (Wildman–Crippen LogP) is 10.5. The Morgan fingerprint density at radius 1 is 0.353 bits per heavy atom. The normalized spacial score (nSPS) is 11.2. The molecule has 0 unspecified atom stereocenters. The van der Waals surface area contributed by atoms with Gasteiger partial charge in [-0.05, 0) is 91.3 Å². The molecule has 2 heteroatoms. The molecular formula is C32H20Br2. The molecule has 0 saturated heterocycles. The second-order valence-corrected chi connectivity index (χ2v) is 10.3. The van der Waals surface area contributed by atoms with Crippen LogP contribution in [-0.4, -0.2) is 0 Å². The maximum absolute atomic E-state index is 3.67. The van der Waals surface area contributed by atoms with E-state index in [1.165, 1.54) is 54.9 Å². The van der Waals surface area contributed by atoms with E-state index in [2.05, 4.69) is 153 Å². The van der Waals surface area contributed by atoms with Crippen LogP contribution in [0.4, 0.5) is 0 Å². The molecule has 0 amide bonds. The fraction of sp³-hybridized carbons (Fsp3) is 0. The summed E-state index contributed by atoms with van der Waals surface area (Å²) in [6.45, 7) is 0. The average Bonchev–Trinajstić information content (AvgIpc) is 2.87. The van der Waals surface area contributed by atoms with E-state index >= 15 is 0 Å². The van der Waals surface area contributed by atoms with Crippen LogP contribution in [0.2, 0.25) is 0 Å². The molecule has 162 valence electrons. The Bertz CT molecular complexity index is 1550. The Kier molecular flexibility index (Phi) is 5.57. The van der Waals surface area contributed by atoms with E-state index in [1.807, 2.05) is 0 Å². The van der Waals surface area contributed by atoms with Gasteiger partial charge in [0.2, 0.25) is 0 Å². The van der Waals surface area contributed by atoms with Crippen LogP contribution in [0.25, 0.3) is 54.9 Å².